The Balaban J connectivity index is 2.24. The third kappa shape index (κ3) is 2.49. The van der Waals surface area contributed by atoms with E-state index in [4.69, 9.17) is 11.6 Å². The zero-order valence-electron chi connectivity index (χ0n) is 12.8. The molecule has 118 valence electrons. The topological polar surface area (TPSA) is 92.4 Å². The first-order valence-corrected chi connectivity index (χ1v) is 7.24. The van der Waals surface area contributed by atoms with Crippen molar-refractivity contribution in [3.05, 3.63) is 45.0 Å². The largest absolute Gasteiger partial charge is 0.506 e. The van der Waals surface area contributed by atoms with Gasteiger partial charge in [-0.05, 0) is 37.6 Å². The lowest BCUT2D eigenvalue weighted by Gasteiger charge is -2.06. The molecule has 3 rings (SSSR count). The number of carbonyl (C=O) groups is 1. The summed E-state index contributed by atoms with van der Waals surface area (Å²) in [7, 11) is 1.49. The highest BCUT2D eigenvalue weighted by atomic mass is 35.5. The minimum absolute atomic E-state index is 0.100. The highest BCUT2D eigenvalue weighted by Gasteiger charge is 2.15. The Bertz CT molecular complexity index is 980. The average molecular weight is 332 g/mol. The van der Waals surface area contributed by atoms with E-state index in [1.54, 1.807) is 16.6 Å². The highest BCUT2D eigenvalue weighted by Crippen LogP contribution is 2.29. The lowest BCUT2D eigenvalue weighted by Crippen LogP contribution is -2.18. The van der Waals surface area contributed by atoms with Gasteiger partial charge in [0.2, 0.25) is 0 Å². The number of hydrogen-bond donors (Lipinski definition) is 2. The van der Waals surface area contributed by atoms with Crippen molar-refractivity contribution in [3.8, 4) is 5.75 Å². The second kappa shape index (κ2) is 5.51. The van der Waals surface area contributed by atoms with Crippen molar-refractivity contribution in [3.63, 3.8) is 0 Å². The Labute approximate surface area is 136 Å². The van der Waals surface area contributed by atoms with E-state index in [0.29, 0.717) is 17.0 Å². The summed E-state index contributed by atoms with van der Waals surface area (Å²) in [6.45, 7) is 3.68. The van der Waals surface area contributed by atoms with Gasteiger partial charge in [-0.15, -0.1) is 10.2 Å². The number of phenols is 1. The molecule has 0 saturated carbocycles. The number of halogens is 1. The smallest absolute Gasteiger partial charge is 0.254 e. The lowest BCUT2D eigenvalue weighted by atomic mass is 10.1. The molecule has 1 aromatic carbocycles. The van der Waals surface area contributed by atoms with Crippen molar-refractivity contribution < 1.29 is 9.90 Å². The molecule has 7 nitrogen and oxygen atoms in total. The van der Waals surface area contributed by atoms with Gasteiger partial charge in [-0.1, -0.05) is 11.6 Å². The molecule has 0 radical (unpaired) electrons. The molecular weight excluding hydrogens is 318 g/mol. The molecule has 0 saturated heterocycles. The number of aromatic nitrogens is 4. The summed E-state index contributed by atoms with van der Waals surface area (Å²) in [6, 6.07) is 3.14. The number of aryl methyl sites for hydroxylation is 2. The number of aromatic hydroxyl groups is 1. The summed E-state index contributed by atoms with van der Waals surface area (Å²) in [4.78, 5) is 11.8. The SMILES string of the molecule is CNC(=O)c1cc(/C=c2/c(C)nn3c(C)nnc23)cc(Cl)c1O. The van der Waals surface area contributed by atoms with Gasteiger partial charge < -0.3 is 10.4 Å². The number of rotatable bonds is 2. The Morgan fingerprint density at radius 3 is 2.78 bits per heavy atom. The van der Waals surface area contributed by atoms with Gasteiger partial charge in [0.1, 0.15) is 5.75 Å². The van der Waals surface area contributed by atoms with E-state index in [9.17, 15) is 9.90 Å². The number of benzene rings is 1. The van der Waals surface area contributed by atoms with Gasteiger partial charge in [0.15, 0.2) is 11.5 Å². The van der Waals surface area contributed by atoms with Crippen molar-refractivity contribution in [1.29, 1.82) is 0 Å². The Hall–Kier alpha value is -2.67. The summed E-state index contributed by atoms with van der Waals surface area (Å²) >= 11 is 6.02. The first kappa shape index (κ1) is 15.2. The molecule has 2 aromatic heterocycles. The maximum absolute atomic E-state index is 11.8. The third-order valence-corrected chi connectivity index (χ3v) is 3.83. The molecule has 0 aliphatic rings. The summed E-state index contributed by atoms with van der Waals surface area (Å²) in [5.74, 6) is 0.0296. The molecule has 3 aromatic rings. The number of hydrogen-bond acceptors (Lipinski definition) is 5. The lowest BCUT2D eigenvalue weighted by molar-refractivity contribution is 0.0960. The zero-order chi connectivity index (χ0) is 16.7. The predicted molar refractivity (Wildman–Crippen MR) is 85.5 cm³/mol. The number of carbonyl (C=O) groups excluding carboxylic acids is 1. The first-order valence-electron chi connectivity index (χ1n) is 6.87. The van der Waals surface area contributed by atoms with Crippen LogP contribution < -0.4 is 10.5 Å². The Morgan fingerprint density at radius 2 is 2.09 bits per heavy atom. The second-order valence-electron chi connectivity index (χ2n) is 5.10. The fourth-order valence-corrected chi connectivity index (χ4v) is 2.59. The van der Waals surface area contributed by atoms with Gasteiger partial charge in [0.05, 0.1) is 16.3 Å². The van der Waals surface area contributed by atoms with Crippen LogP contribution in [0.5, 0.6) is 5.75 Å². The molecule has 0 bridgehead atoms. The van der Waals surface area contributed by atoms with E-state index in [-0.39, 0.29) is 16.3 Å². The minimum atomic E-state index is -0.416. The quantitative estimate of drug-likeness (QED) is 0.731. The van der Waals surface area contributed by atoms with Crippen LogP contribution in [0.15, 0.2) is 12.1 Å². The summed E-state index contributed by atoms with van der Waals surface area (Å²) in [5, 5.41) is 25.8. The molecule has 1 amide bonds. The van der Waals surface area contributed by atoms with Crippen LogP contribution in [-0.2, 0) is 0 Å². The predicted octanol–water partition coefficient (Wildman–Crippen LogP) is 1.01. The van der Waals surface area contributed by atoms with Crippen LogP contribution in [0.3, 0.4) is 0 Å². The van der Waals surface area contributed by atoms with Gasteiger partial charge in [0.25, 0.3) is 5.91 Å². The third-order valence-electron chi connectivity index (χ3n) is 3.55. The average Bonchev–Trinajstić information content (AvgIpc) is 3.02. The number of nitrogens with zero attached hydrogens (tertiary/aromatic N) is 4. The minimum Gasteiger partial charge on any atom is -0.506 e. The molecule has 0 spiro atoms. The molecule has 0 atom stereocenters. The van der Waals surface area contributed by atoms with Crippen molar-refractivity contribution in [2.24, 2.45) is 0 Å². The standard InChI is InChI=1S/C15H14ClN5O2/c1-7-10(14-19-18-8(2)21(14)20-7)4-9-5-11(15(23)17-3)13(22)12(16)6-9/h4-6,22H,1-3H3,(H,17,23)/b10-4-. The molecule has 2 N–H and O–H groups in total. The van der Waals surface area contributed by atoms with Gasteiger partial charge in [-0.3, -0.25) is 4.79 Å². The van der Waals surface area contributed by atoms with Crippen LogP contribution in [0.1, 0.15) is 27.4 Å². The van der Waals surface area contributed by atoms with Gasteiger partial charge in [-0.25, -0.2) is 0 Å². The number of nitrogens with one attached hydrogen (secondary N) is 1. The van der Waals surface area contributed by atoms with E-state index in [2.05, 4.69) is 20.6 Å². The van der Waals surface area contributed by atoms with Crippen LogP contribution in [0.25, 0.3) is 11.7 Å². The summed E-state index contributed by atoms with van der Waals surface area (Å²) in [6.07, 6.45) is 1.81. The number of phenolic OH excluding ortho intramolecular Hbond substituents is 1. The number of amides is 1. The Kier molecular flexibility index (Phi) is 3.65. The molecule has 8 heteroatoms. The fraction of sp³-hybridized carbons (Fsp3) is 0.200. The van der Waals surface area contributed by atoms with E-state index >= 15 is 0 Å². The summed E-state index contributed by atoms with van der Waals surface area (Å²) < 4.78 is 1.66. The zero-order valence-corrected chi connectivity index (χ0v) is 13.5. The van der Waals surface area contributed by atoms with Crippen LogP contribution in [-0.4, -0.2) is 37.9 Å². The van der Waals surface area contributed by atoms with E-state index in [1.165, 1.54) is 7.05 Å². The van der Waals surface area contributed by atoms with E-state index < -0.39 is 5.91 Å². The monoisotopic (exact) mass is 331 g/mol. The second-order valence-corrected chi connectivity index (χ2v) is 5.51. The van der Waals surface area contributed by atoms with Crippen LogP contribution >= 0.6 is 11.6 Å². The van der Waals surface area contributed by atoms with Gasteiger partial charge in [0, 0.05) is 12.3 Å². The Morgan fingerprint density at radius 1 is 1.35 bits per heavy atom. The fourth-order valence-electron chi connectivity index (χ4n) is 2.36. The van der Waals surface area contributed by atoms with Gasteiger partial charge in [-0.2, -0.15) is 9.61 Å². The molecular formula is C15H14ClN5O2. The van der Waals surface area contributed by atoms with Crippen molar-refractivity contribution in [2.45, 2.75) is 13.8 Å². The first-order chi connectivity index (χ1) is 10.9. The summed E-state index contributed by atoms with van der Waals surface area (Å²) in [5.41, 5.74) is 2.18. The molecule has 23 heavy (non-hydrogen) atoms. The highest BCUT2D eigenvalue weighted by molar-refractivity contribution is 6.32. The van der Waals surface area contributed by atoms with Crippen molar-refractivity contribution in [2.75, 3.05) is 7.05 Å². The van der Waals surface area contributed by atoms with Gasteiger partial charge >= 0.3 is 0 Å². The van der Waals surface area contributed by atoms with Crippen LogP contribution in [0, 0.1) is 13.8 Å². The van der Waals surface area contributed by atoms with E-state index in [1.807, 2.05) is 19.9 Å². The molecule has 0 aliphatic heterocycles. The molecule has 0 fully saturated rings. The van der Waals surface area contributed by atoms with Crippen LogP contribution in [0.4, 0.5) is 0 Å². The molecule has 0 aliphatic carbocycles. The number of fused-ring (bicyclic) bond motifs is 1. The van der Waals surface area contributed by atoms with Crippen molar-refractivity contribution >= 4 is 29.2 Å². The molecule has 2 heterocycles. The normalized spacial score (nSPS) is 12.1. The van der Waals surface area contributed by atoms with Crippen molar-refractivity contribution in [1.82, 2.24) is 25.1 Å². The maximum Gasteiger partial charge on any atom is 0.254 e. The maximum atomic E-state index is 11.8. The van der Waals surface area contributed by atoms with E-state index in [0.717, 1.165) is 10.9 Å². The molecule has 0 unspecified atom stereocenters. The van der Waals surface area contributed by atoms with Crippen LogP contribution in [0.2, 0.25) is 5.02 Å².